The summed E-state index contributed by atoms with van der Waals surface area (Å²) >= 11 is 1.83. The van der Waals surface area contributed by atoms with Gasteiger partial charge in [-0.05, 0) is 48.0 Å². The van der Waals surface area contributed by atoms with E-state index in [1.165, 1.54) is 12.1 Å². The number of hydrogen-bond donors (Lipinski definition) is 1. The third-order valence-electron chi connectivity index (χ3n) is 3.30. The Balaban J connectivity index is 2.17. The Morgan fingerprint density at radius 3 is 2.72 bits per heavy atom. The largest absolute Gasteiger partial charge is 0.416 e. The third-order valence-corrected chi connectivity index (χ3v) is 4.54. The van der Waals surface area contributed by atoms with Crippen LogP contribution in [0.1, 0.15) is 30.0 Å². The molecule has 1 aliphatic rings. The minimum absolute atomic E-state index is 0.284. The second kappa shape index (κ2) is 5.53. The molecular formula is C13H16F3NS. The maximum Gasteiger partial charge on any atom is 0.416 e. The van der Waals surface area contributed by atoms with E-state index in [0.29, 0.717) is 5.56 Å². The molecule has 2 rings (SSSR count). The normalized spacial score (nSPS) is 22.8. The Morgan fingerprint density at radius 1 is 1.33 bits per heavy atom. The summed E-state index contributed by atoms with van der Waals surface area (Å²) in [5.74, 6) is 2.36. The Hall–Kier alpha value is -0.680. The zero-order chi connectivity index (χ0) is 13.2. The highest BCUT2D eigenvalue weighted by molar-refractivity contribution is 7.99. The number of alkyl halides is 3. The molecule has 1 aliphatic heterocycles. The molecule has 0 aliphatic carbocycles. The number of rotatable bonds is 2. The molecule has 1 fully saturated rings. The van der Waals surface area contributed by atoms with E-state index in [9.17, 15) is 13.2 Å². The molecule has 1 heterocycles. The minimum Gasteiger partial charge on any atom is -0.324 e. The Bertz CT molecular complexity index is 399. The number of nitrogens with two attached hydrogens (primary N) is 1. The van der Waals surface area contributed by atoms with Gasteiger partial charge in [0.1, 0.15) is 0 Å². The van der Waals surface area contributed by atoms with E-state index in [1.807, 2.05) is 11.8 Å². The molecule has 5 heteroatoms. The summed E-state index contributed by atoms with van der Waals surface area (Å²) in [6, 6.07) is 5.11. The van der Waals surface area contributed by atoms with Crippen LogP contribution in [0.5, 0.6) is 0 Å². The summed E-state index contributed by atoms with van der Waals surface area (Å²) in [5, 5.41) is 0. The number of thioether (sulfide) groups is 1. The lowest BCUT2D eigenvalue weighted by Gasteiger charge is -2.27. The first-order valence-corrected chi connectivity index (χ1v) is 7.14. The molecule has 2 unspecified atom stereocenters. The molecule has 1 nitrogen and oxygen atoms in total. The quantitative estimate of drug-likeness (QED) is 0.887. The van der Waals surface area contributed by atoms with Crippen molar-refractivity contribution in [1.82, 2.24) is 0 Å². The number of halogens is 3. The molecule has 1 aromatic rings. The summed E-state index contributed by atoms with van der Waals surface area (Å²) in [7, 11) is 0. The second-order valence-electron chi connectivity index (χ2n) is 4.63. The molecular weight excluding hydrogens is 259 g/mol. The van der Waals surface area contributed by atoms with Crippen molar-refractivity contribution in [1.29, 1.82) is 0 Å². The molecule has 0 amide bonds. The van der Waals surface area contributed by atoms with Gasteiger partial charge in [0.25, 0.3) is 0 Å². The predicted octanol–water partition coefficient (Wildman–Crippen LogP) is 3.85. The minimum atomic E-state index is -4.29. The fourth-order valence-corrected chi connectivity index (χ4v) is 3.46. The first-order chi connectivity index (χ1) is 8.48. The van der Waals surface area contributed by atoms with Crippen LogP contribution < -0.4 is 5.73 Å². The summed E-state index contributed by atoms with van der Waals surface area (Å²) in [5.41, 5.74) is 6.08. The molecule has 0 aromatic heterocycles. The first kappa shape index (κ1) is 13.7. The monoisotopic (exact) mass is 275 g/mol. The molecule has 18 heavy (non-hydrogen) atoms. The van der Waals surface area contributed by atoms with Gasteiger partial charge >= 0.3 is 6.18 Å². The van der Waals surface area contributed by atoms with Gasteiger partial charge in [-0.1, -0.05) is 12.1 Å². The third kappa shape index (κ3) is 3.20. The Labute approximate surface area is 109 Å². The van der Waals surface area contributed by atoms with Crippen molar-refractivity contribution in [3.63, 3.8) is 0 Å². The fraction of sp³-hybridized carbons (Fsp3) is 0.538. The van der Waals surface area contributed by atoms with Crippen LogP contribution in [0.15, 0.2) is 24.3 Å². The summed E-state index contributed by atoms with van der Waals surface area (Å²) in [6.07, 6.45) is -2.19. The molecule has 0 radical (unpaired) electrons. The molecule has 1 aromatic carbocycles. The van der Waals surface area contributed by atoms with Gasteiger partial charge in [0, 0.05) is 6.04 Å². The van der Waals surface area contributed by atoms with Crippen LogP contribution in [0.2, 0.25) is 0 Å². The lowest BCUT2D eigenvalue weighted by molar-refractivity contribution is -0.137. The van der Waals surface area contributed by atoms with Crippen LogP contribution in [0.4, 0.5) is 13.2 Å². The van der Waals surface area contributed by atoms with Gasteiger partial charge in [-0.25, -0.2) is 0 Å². The second-order valence-corrected chi connectivity index (χ2v) is 5.78. The van der Waals surface area contributed by atoms with Gasteiger partial charge in [-0.3, -0.25) is 0 Å². The van der Waals surface area contributed by atoms with Crippen LogP contribution in [-0.4, -0.2) is 11.5 Å². The molecule has 100 valence electrons. The topological polar surface area (TPSA) is 26.0 Å². The van der Waals surface area contributed by atoms with E-state index >= 15 is 0 Å². The van der Waals surface area contributed by atoms with Crippen LogP contribution >= 0.6 is 11.8 Å². The molecule has 2 N–H and O–H groups in total. The van der Waals surface area contributed by atoms with Crippen molar-refractivity contribution < 1.29 is 13.2 Å². The van der Waals surface area contributed by atoms with E-state index < -0.39 is 11.7 Å². The van der Waals surface area contributed by atoms with Crippen molar-refractivity contribution in [3.8, 4) is 0 Å². The van der Waals surface area contributed by atoms with Gasteiger partial charge < -0.3 is 5.73 Å². The van der Waals surface area contributed by atoms with E-state index in [0.717, 1.165) is 30.4 Å². The molecule has 0 bridgehead atoms. The summed E-state index contributed by atoms with van der Waals surface area (Å²) in [6.45, 7) is 0. The van der Waals surface area contributed by atoms with Crippen molar-refractivity contribution in [2.75, 3.05) is 11.5 Å². The van der Waals surface area contributed by atoms with E-state index in [-0.39, 0.29) is 12.0 Å². The van der Waals surface area contributed by atoms with Crippen molar-refractivity contribution in [3.05, 3.63) is 35.4 Å². The van der Waals surface area contributed by atoms with Crippen LogP contribution in [0.25, 0.3) is 0 Å². The maximum atomic E-state index is 12.6. The van der Waals surface area contributed by atoms with Crippen molar-refractivity contribution in [2.45, 2.75) is 25.1 Å². The Kier molecular flexibility index (Phi) is 4.22. The SMILES string of the molecule is NC(c1cccc(C(F)(F)F)c1)C1CCCSC1. The highest BCUT2D eigenvalue weighted by Crippen LogP contribution is 2.34. The van der Waals surface area contributed by atoms with Crippen molar-refractivity contribution in [2.24, 2.45) is 11.7 Å². The zero-order valence-electron chi connectivity index (χ0n) is 9.91. The molecule has 0 saturated carbocycles. The number of hydrogen-bond acceptors (Lipinski definition) is 2. The van der Waals surface area contributed by atoms with E-state index in [1.54, 1.807) is 6.07 Å². The average Bonchev–Trinajstić information content (AvgIpc) is 2.38. The summed E-state index contributed by atoms with van der Waals surface area (Å²) in [4.78, 5) is 0. The van der Waals surface area contributed by atoms with Gasteiger partial charge in [0.2, 0.25) is 0 Å². The average molecular weight is 275 g/mol. The molecule has 0 spiro atoms. The fourth-order valence-electron chi connectivity index (χ4n) is 2.24. The smallest absolute Gasteiger partial charge is 0.324 e. The van der Waals surface area contributed by atoms with Gasteiger partial charge in [0.15, 0.2) is 0 Å². The highest BCUT2D eigenvalue weighted by atomic mass is 32.2. The Morgan fingerprint density at radius 2 is 2.11 bits per heavy atom. The summed E-state index contributed by atoms with van der Waals surface area (Å²) < 4.78 is 37.9. The standard InChI is InChI=1S/C13H16F3NS/c14-13(15,16)11-5-1-3-9(7-11)12(17)10-4-2-6-18-8-10/h1,3,5,7,10,12H,2,4,6,8,17H2. The lowest BCUT2D eigenvalue weighted by Crippen LogP contribution is -2.26. The molecule has 1 saturated heterocycles. The number of benzene rings is 1. The van der Waals surface area contributed by atoms with Gasteiger partial charge in [0.05, 0.1) is 5.56 Å². The van der Waals surface area contributed by atoms with Crippen LogP contribution in [0, 0.1) is 5.92 Å². The first-order valence-electron chi connectivity index (χ1n) is 5.99. The zero-order valence-corrected chi connectivity index (χ0v) is 10.7. The van der Waals surface area contributed by atoms with Crippen LogP contribution in [0.3, 0.4) is 0 Å². The maximum absolute atomic E-state index is 12.6. The van der Waals surface area contributed by atoms with Gasteiger partial charge in [-0.15, -0.1) is 0 Å². The van der Waals surface area contributed by atoms with E-state index in [4.69, 9.17) is 5.73 Å². The lowest BCUT2D eigenvalue weighted by atomic mass is 9.90. The van der Waals surface area contributed by atoms with Gasteiger partial charge in [-0.2, -0.15) is 24.9 Å². The predicted molar refractivity (Wildman–Crippen MR) is 68.4 cm³/mol. The van der Waals surface area contributed by atoms with Crippen molar-refractivity contribution >= 4 is 11.8 Å². The van der Waals surface area contributed by atoms with E-state index in [2.05, 4.69) is 0 Å². The molecule has 2 atom stereocenters. The van der Waals surface area contributed by atoms with Crippen LogP contribution in [-0.2, 0) is 6.18 Å². The highest BCUT2D eigenvalue weighted by Gasteiger charge is 2.31.